The van der Waals surface area contributed by atoms with Gasteiger partial charge in [-0.05, 0) is 36.9 Å². The van der Waals surface area contributed by atoms with E-state index in [2.05, 4.69) is 3.74 Å². The molecule has 0 saturated carbocycles. The molecule has 1 aliphatic heterocycles. The van der Waals surface area contributed by atoms with Crippen LogP contribution >= 0.6 is 22.1 Å². The first-order chi connectivity index (χ1) is 7.38. The van der Waals surface area contributed by atoms with Gasteiger partial charge in [0.25, 0.3) is 0 Å². The summed E-state index contributed by atoms with van der Waals surface area (Å²) in [6, 6.07) is 1.80. The van der Waals surface area contributed by atoms with Crippen LogP contribution < -0.4 is 14.0 Å². The van der Waals surface area contributed by atoms with Crippen molar-refractivity contribution in [3.8, 4) is 0 Å². The molecule has 88 valence electrons. The first-order valence-electron chi connectivity index (χ1n) is 4.33. The smallest absolute Gasteiger partial charge is 0.144 e. The third-order valence-electron chi connectivity index (χ3n) is 2.04. The van der Waals surface area contributed by atoms with Gasteiger partial charge in [0.15, 0.2) is 0 Å². The normalized spacial score (nSPS) is 20.7. The second kappa shape index (κ2) is 4.23. The fourth-order valence-electron chi connectivity index (χ4n) is 1.49. The largest absolute Gasteiger partial charge is 0.182 e. The van der Waals surface area contributed by atoms with Crippen LogP contribution in [-0.2, 0) is 3.74 Å². The average Bonchev–Trinajstić information content (AvgIpc) is 2.59. The molecule has 0 aliphatic carbocycles. The van der Waals surface area contributed by atoms with Crippen molar-refractivity contribution in [1.29, 1.82) is 0 Å². The summed E-state index contributed by atoms with van der Waals surface area (Å²) >= 11 is 1.51. The Morgan fingerprint density at radius 2 is 2.00 bits per heavy atom. The summed E-state index contributed by atoms with van der Waals surface area (Å²) in [5.41, 5.74) is 1.06. The maximum atomic E-state index is 10.6. The number of hydrogen-bond acceptors (Lipinski definition) is 5. The highest BCUT2D eigenvalue weighted by Crippen LogP contribution is 2.43. The van der Waals surface area contributed by atoms with Crippen LogP contribution in [0.15, 0.2) is 22.4 Å². The minimum Gasteiger partial charge on any atom is -0.182 e. The fourth-order valence-corrected chi connectivity index (χ4v) is 5.15. The van der Waals surface area contributed by atoms with Gasteiger partial charge in [0.05, 0.1) is 15.1 Å². The quantitative estimate of drug-likeness (QED) is 0.704. The van der Waals surface area contributed by atoms with Crippen LogP contribution in [0.3, 0.4) is 0 Å². The number of hydrogen-bond donors (Lipinski definition) is 0. The highest BCUT2D eigenvalue weighted by Gasteiger charge is 2.29. The summed E-state index contributed by atoms with van der Waals surface area (Å²) in [7, 11) is -5.49. The minimum atomic E-state index is -4.40. The summed E-state index contributed by atoms with van der Waals surface area (Å²) in [5.74, 6) is 0. The zero-order chi connectivity index (χ0) is 11.9. The Morgan fingerprint density at radius 1 is 1.31 bits per heavy atom. The van der Waals surface area contributed by atoms with E-state index in [4.69, 9.17) is 0 Å². The van der Waals surface area contributed by atoms with Crippen LogP contribution in [0.25, 0.3) is 5.57 Å². The Hall–Kier alpha value is -0.210. The molecule has 0 amide bonds. The molecule has 16 heavy (non-hydrogen) atoms. The van der Waals surface area contributed by atoms with Gasteiger partial charge in [-0.2, -0.15) is 14.0 Å². The summed E-state index contributed by atoms with van der Waals surface area (Å²) in [6.45, 7) is 3.71. The SMILES string of the molecule is CC1=CC(C)=S(O[Cl+3]([O-])([O-])[O-])c2ccsc21. The third-order valence-corrected chi connectivity index (χ3v) is 5.78. The van der Waals surface area contributed by atoms with Gasteiger partial charge in [0.1, 0.15) is 14.5 Å². The predicted molar refractivity (Wildman–Crippen MR) is 55.6 cm³/mol. The fraction of sp³-hybridized carbons (Fsp3) is 0.222. The Kier molecular flexibility index (Phi) is 3.24. The van der Waals surface area contributed by atoms with Crippen molar-refractivity contribution in [2.24, 2.45) is 0 Å². The summed E-state index contributed by atoms with van der Waals surface area (Å²) in [5, 5.41) is 1.86. The molecule has 1 aromatic rings. The molecule has 1 aliphatic rings. The predicted octanol–water partition coefficient (Wildman–Crippen LogP) is -0.186. The maximum absolute atomic E-state index is 10.6. The summed E-state index contributed by atoms with van der Waals surface area (Å²) in [6.07, 6.45) is 1.85. The average molecular weight is 281 g/mol. The topological polar surface area (TPSA) is 78.4 Å². The lowest BCUT2D eigenvalue weighted by molar-refractivity contribution is -1.91. The molecule has 0 bridgehead atoms. The van der Waals surface area contributed by atoms with E-state index in [0.29, 0.717) is 0 Å². The van der Waals surface area contributed by atoms with Crippen molar-refractivity contribution in [2.45, 2.75) is 18.7 Å². The molecular formula is C9H9ClO4S2. The lowest BCUT2D eigenvalue weighted by Gasteiger charge is -2.17. The standard InChI is InChI=1S/C9H9ClO4S2/c1-6-5-7(2)16(14-10(11,12)13)8-3-4-15-9(6)8/h3-5H,1-2H3. The zero-order valence-corrected chi connectivity index (χ0v) is 10.9. The molecule has 1 aromatic heterocycles. The summed E-state index contributed by atoms with van der Waals surface area (Å²) < 4.78 is 36.5. The summed E-state index contributed by atoms with van der Waals surface area (Å²) in [4.78, 5) is 2.50. The maximum Gasteiger partial charge on any atom is 0.144 e. The van der Waals surface area contributed by atoms with Gasteiger partial charge in [-0.15, -0.1) is 11.3 Å². The Morgan fingerprint density at radius 3 is 2.62 bits per heavy atom. The van der Waals surface area contributed by atoms with Crippen molar-refractivity contribution >= 4 is 32.5 Å². The van der Waals surface area contributed by atoms with Crippen molar-refractivity contribution < 1.29 is 28.0 Å². The monoisotopic (exact) mass is 280 g/mol. The minimum absolute atomic E-state index is 0.746. The van der Waals surface area contributed by atoms with Crippen molar-refractivity contribution in [3.63, 3.8) is 0 Å². The molecule has 0 spiro atoms. The van der Waals surface area contributed by atoms with Gasteiger partial charge in [-0.3, -0.25) is 0 Å². The molecule has 0 saturated heterocycles. The van der Waals surface area contributed by atoms with E-state index < -0.39 is 21.0 Å². The molecule has 7 heteroatoms. The number of rotatable bonds is 2. The van der Waals surface area contributed by atoms with E-state index >= 15 is 0 Å². The molecule has 1 atom stereocenters. The molecule has 0 fully saturated rings. The first-order valence-corrected chi connectivity index (χ1v) is 7.60. The van der Waals surface area contributed by atoms with Gasteiger partial charge in [-0.1, -0.05) is 0 Å². The number of thiophene rings is 1. The second-order valence-electron chi connectivity index (χ2n) is 3.26. The highest BCUT2D eigenvalue weighted by atomic mass is 35.7. The van der Waals surface area contributed by atoms with E-state index in [0.717, 1.165) is 20.2 Å². The van der Waals surface area contributed by atoms with Gasteiger partial charge < -0.3 is 0 Å². The van der Waals surface area contributed by atoms with E-state index in [1.165, 1.54) is 11.3 Å². The van der Waals surface area contributed by atoms with E-state index in [1.807, 2.05) is 18.4 Å². The van der Waals surface area contributed by atoms with Gasteiger partial charge in [0.2, 0.25) is 0 Å². The lowest BCUT2D eigenvalue weighted by atomic mass is 10.2. The van der Waals surface area contributed by atoms with E-state index in [-0.39, 0.29) is 0 Å². The van der Waals surface area contributed by atoms with E-state index in [1.54, 1.807) is 13.0 Å². The molecule has 0 radical (unpaired) electrons. The molecule has 0 aromatic carbocycles. The van der Waals surface area contributed by atoms with Gasteiger partial charge in [0, 0.05) is 9.74 Å². The van der Waals surface area contributed by atoms with Crippen molar-refractivity contribution in [3.05, 3.63) is 22.4 Å². The molecule has 2 heterocycles. The van der Waals surface area contributed by atoms with Crippen molar-refractivity contribution in [2.75, 3.05) is 0 Å². The Labute approximate surface area is 102 Å². The van der Waals surface area contributed by atoms with Crippen LogP contribution in [0, 0.1) is 10.2 Å². The zero-order valence-electron chi connectivity index (χ0n) is 8.56. The lowest BCUT2D eigenvalue weighted by Crippen LogP contribution is -2.60. The van der Waals surface area contributed by atoms with Crippen molar-refractivity contribution in [1.82, 2.24) is 0 Å². The van der Waals surface area contributed by atoms with Gasteiger partial charge >= 0.3 is 0 Å². The Bertz CT molecular complexity index is 484. The first kappa shape index (κ1) is 12.3. The van der Waals surface area contributed by atoms with Crippen LogP contribution in [0.4, 0.5) is 0 Å². The molecule has 1 unspecified atom stereocenters. The van der Waals surface area contributed by atoms with Crippen LogP contribution in [-0.4, -0.2) is 4.86 Å². The van der Waals surface area contributed by atoms with E-state index in [9.17, 15) is 14.0 Å². The number of allylic oxidation sites excluding steroid dienone is 2. The second-order valence-corrected chi connectivity index (χ2v) is 7.06. The molecule has 2 rings (SSSR count). The molecular weight excluding hydrogens is 272 g/mol. The van der Waals surface area contributed by atoms with Crippen LogP contribution in [0.2, 0.25) is 0 Å². The van der Waals surface area contributed by atoms with Crippen LogP contribution in [0.1, 0.15) is 18.7 Å². The van der Waals surface area contributed by atoms with Crippen LogP contribution in [0.5, 0.6) is 0 Å². The number of fused-ring (bicyclic) bond motifs is 1. The third kappa shape index (κ3) is 2.38. The van der Waals surface area contributed by atoms with Gasteiger partial charge in [-0.25, -0.2) is 0 Å². The molecule has 4 nitrogen and oxygen atoms in total. The Balaban J connectivity index is 2.49. The highest BCUT2D eigenvalue weighted by molar-refractivity contribution is 8.12. The molecule has 0 N–H and O–H groups in total. The number of halogens is 1.